The van der Waals surface area contributed by atoms with E-state index in [1.165, 1.54) is 5.56 Å². The molecule has 5 atom stereocenters. The Morgan fingerprint density at radius 2 is 2.06 bits per heavy atom. The summed E-state index contributed by atoms with van der Waals surface area (Å²) in [7, 11) is 0. The van der Waals surface area contributed by atoms with E-state index in [2.05, 4.69) is 37.3 Å². The number of carbonyl (C=O) groups excluding carboxylic acids is 1. The molecule has 33 heavy (non-hydrogen) atoms. The molecule has 1 aliphatic carbocycles. The van der Waals surface area contributed by atoms with Crippen LogP contribution in [0.15, 0.2) is 55.1 Å². The van der Waals surface area contributed by atoms with Crippen LogP contribution in [0, 0.1) is 11.8 Å². The summed E-state index contributed by atoms with van der Waals surface area (Å²) < 4.78 is 2.07. The van der Waals surface area contributed by atoms with E-state index in [-0.39, 0.29) is 29.3 Å². The minimum atomic E-state index is -0.135. The maximum Gasteiger partial charge on any atom is 0.225 e. The number of rotatable bonds is 6. The summed E-state index contributed by atoms with van der Waals surface area (Å²) in [6, 6.07) is 12.3. The first-order valence-electron chi connectivity index (χ1n) is 11.7. The zero-order valence-corrected chi connectivity index (χ0v) is 19.4. The molecule has 2 aromatic heterocycles. The molecule has 3 aromatic rings. The zero-order chi connectivity index (χ0) is 22.8. The maximum atomic E-state index is 12.8. The highest BCUT2D eigenvalue weighted by atomic mass is 35.5. The van der Waals surface area contributed by atoms with Crippen molar-refractivity contribution in [2.75, 3.05) is 5.32 Å². The third kappa shape index (κ3) is 4.88. The van der Waals surface area contributed by atoms with Crippen molar-refractivity contribution in [2.45, 2.75) is 56.6 Å². The molecule has 1 amide bonds. The summed E-state index contributed by atoms with van der Waals surface area (Å²) in [5, 5.41) is 6.82. The standard InChI is InChI=1S/C25H29ClN6O/c1-16(20-12-18-11-19(26)7-8-21(18)30-24(20)33)29-25-28-10-9-22(31-25)23-13-27-15-32(23)14-17-5-3-2-4-6-17/h2-6,9-10,13,15-16,18-21H,7-8,11-12,14H2,1H3,(H,30,33)(H,28,29,31)/t16-,18?,19?,20?,21?/m0/s1. The minimum Gasteiger partial charge on any atom is -0.353 e. The van der Waals surface area contributed by atoms with E-state index in [1.807, 2.05) is 43.7 Å². The van der Waals surface area contributed by atoms with Crippen LogP contribution in [-0.2, 0) is 11.3 Å². The van der Waals surface area contributed by atoms with Crippen molar-refractivity contribution in [3.63, 3.8) is 0 Å². The molecule has 3 heterocycles. The molecule has 8 heteroatoms. The number of hydrogen-bond acceptors (Lipinski definition) is 5. The quantitative estimate of drug-likeness (QED) is 0.536. The van der Waals surface area contributed by atoms with E-state index in [4.69, 9.17) is 16.6 Å². The molecule has 1 aliphatic heterocycles. The molecular formula is C25H29ClN6O. The van der Waals surface area contributed by atoms with Crippen LogP contribution in [0.4, 0.5) is 5.95 Å². The average Bonchev–Trinajstić information content (AvgIpc) is 3.28. The highest BCUT2D eigenvalue weighted by Gasteiger charge is 2.41. The van der Waals surface area contributed by atoms with Gasteiger partial charge in [-0.05, 0) is 50.2 Å². The number of carbonyl (C=O) groups is 1. The number of aromatic nitrogens is 4. The fraction of sp³-hybridized carbons (Fsp3) is 0.440. The van der Waals surface area contributed by atoms with Gasteiger partial charge < -0.3 is 15.2 Å². The van der Waals surface area contributed by atoms with E-state index < -0.39 is 0 Å². The van der Waals surface area contributed by atoms with Crippen LogP contribution in [-0.4, -0.2) is 42.9 Å². The van der Waals surface area contributed by atoms with Crippen LogP contribution in [0.3, 0.4) is 0 Å². The summed E-state index contributed by atoms with van der Waals surface area (Å²) in [5.74, 6) is 0.930. The molecular weight excluding hydrogens is 436 g/mol. The lowest BCUT2D eigenvalue weighted by Crippen LogP contribution is -2.55. The second-order valence-corrected chi connectivity index (χ2v) is 9.84. The van der Waals surface area contributed by atoms with Crippen molar-refractivity contribution in [1.29, 1.82) is 0 Å². The van der Waals surface area contributed by atoms with Gasteiger partial charge in [-0.15, -0.1) is 11.6 Å². The van der Waals surface area contributed by atoms with Crippen LogP contribution in [0.2, 0.25) is 0 Å². The largest absolute Gasteiger partial charge is 0.353 e. The van der Waals surface area contributed by atoms with Crippen LogP contribution in [0.25, 0.3) is 11.4 Å². The van der Waals surface area contributed by atoms with Crippen LogP contribution >= 0.6 is 11.6 Å². The highest BCUT2D eigenvalue weighted by molar-refractivity contribution is 6.20. The van der Waals surface area contributed by atoms with Gasteiger partial charge in [-0.2, -0.15) is 0 Å². The van der Waals surface area contributed by atoms with Crippen LogP contribution < -0.4 is 10.6 Å². The Morgan fingerprint density at radius 1 is 1.21 bits per heavy atom. The molecule has 1 aromatic carbocycles. The van der Waals surface area contributed by atoms with Crippen molar-refractivity contribution in [2.24, 2.45) is 11.8 Å². The van der Waals surface area contributed by atoms with E-state index in [9.17, 15) is 4.79 Å². The summed E-state index contributed by atoms with van der Waals surface area (Å²) in [5.41, 5.74) is 2.91. The monoisotopic (exact) mass is 464 g/mol. The fourth-order valence-corrected chi connectivity index (χ4v) is 5.48. The number of nitrogens with zero attached hydrogens (tertiary/aromatic N) is 4. The maximum absolute atomic E-state index is 12.8. The fourth-order valence-electron chi connectivity index (χ4n) is 5.13. The molecule has 1 saturated carbocycles. The highest BCUT2D eigenvalue weighted by Crippen LogP contribution is 2.36. The lowest BCUT2D eigenvalue weighted by atomic mass is 9.74. The smallest absolute Gasteiger partial charge is 0.225 e. The zero-order valence-electron chi connectivity index (χ0n) is 18.7. The van der Waals surface area contributed by atoms with Gasteiger partial charge >= 0.3 is 0 Å². The van der Waals surface area contributed by atoms with Crippen molar-refractivity contribution in [3.8, 4) is 11.4 Å². The van der Waals surface area contributed by atoms with Crippen molar-refractivity contribution < 1.29 is 4.79 Å². The minimum absolute atomic E-state index is 0.0915. The number of imidazole rings is 1. The first-order valence-corrected chi connectivity index (χ1v) is 12.1. The van der Waals surface area contributed by atoms with Gasteiger partial charge in [0.1, 0.15) is 0 Å². The third-order valence-electron chi connectivity index (χ3n) is 6.93. The van der Waals surface area contributed by atoms with Gasteiger partial charge in [-0.3, -0.25) is 4.79 Å². The SMILES string of the molecule is C[C@H](Nc1nccc(-c2cncn2Cc2ccccc2)n1)C1CC2CC(Cl)CCC2NC1=O. The lowest BCUT2D eigenvalue weighted by Gasteiger charge is -2.42. The molecule has 1 saturated heterocycles. The Bertz CT molecular complexity index is 1100. The summed E-state index contributed by atoms with van der Waals surface area (Å²) in [6.07, 6.45) is 9.14. The molecule has 2 fully saturated rings. The number of halogens is 1. The normalized spacial score (nSPS) is 25.7. The van der Waals surface area contributed by atoms with E-state index in [1.54, 1.807) is 6.20 Å². The van der Waals surface area contributed by atoms with Crippen LogP contribution in [0.5, 0.6) is 0 Å². The Kier molecular flexibility index (Phi) is 6.31. The first-order chi connectivity index (χ1) is 16.1. The first kappa shape index (κ1) is 21.9. The molecule has 0 bridgehead atoms. The van der Waals surface area contributed by atoms with Gasteiger partial charge in [0.15, 0.2) is 0 Å². The Labute approximate surface area is 199 Å². The number of piperidine rings is 1. The number of hydrogen-bond donors (Lipinski definition) is 2. The summed E-state index contributed by atoms with van der Waals surface area (Å²) in [4.78, 5) is 26.3. The van der Waals surface area contributed by atoms with Gasteiger partial charge in [0.25, 0.3) is 0 Å². The second kappa shape index (κ2) is 9.51. The Morgan fingerprint density at radius 3 is 2.91 bits per heavy atom. The van der Waals surface area contributed by atoms with E-state index in [0.29, 0.717) is 18.4 Å². The Balaban J connectivity index is 1.29. The Hall–Kier alpha value is -2.93. The second-order valence-electron chi connectivity index (χ2n) is 9.22. The van der Waals surface area contributed by atoms with Gasteiger partial charge in [0.05, 0.1) is 29.8 Å². The molecule has 0 radical (unpaired) electrons. The number of alkyl halides is 1. The number of anilines is 1. The predicted molar refractivity (Wildman–Crippen MR) is 129 cm³/mol. The molecule has 7 nitrogen and oxygen atoms in total. The molecule has 2 aliphatic rings. The van der Waals surface area contributed by atoms with Gasteiger partial charge in [0.2, 0.25) is 11.9 Å². The number of amides is 1. The summed E-state index contributed by atoms with van der Waals surface area (Å²) in [6.45, 7) is 2.74. The molecule has 5 rings (SSSR count). The average molecular weight is 465 g/mol. The topological polar surface area (TPSA) is 84.7 Å². The molecule has 172 valence electrons. The van der Waals surface area contributed by atoms with E-state index in [0.717, 1.165) is 37.1 Å². The number of benzene rings is 1. The van der Waals surface area contributed by atoms with Gasteiger partial charge in [0, 0.05) is 30.2 Å². The van der Waals surface area contributed by atoms with Crippen molar-refractivity contribution in [3.05, 3.63) is 60.7 Å². The molecule has 2 N–H and O–H groups in total. The van der Waals surface area contributed by atoms with Crippen LogP contribution in [0.1, 0.15) is 38.2 Å². The predicted octanol–water partition coefficient (Wildman–Crippen LogP) is 4.10. The number of nitrogens with one attached hydrogen (secondary N) is 2. The van der Waals surface area contributed by atoms with Crippen molar-refractivity contribution >= 4 is 23.5 Å². The van der Waals surface area contributed by atoms with E-state index >= 15 is 0 Å². The van der Waals surface area contributed by atoms with Gasteiger partial charge in [-0.1, -0.05) is 30.3 Å². The number of fused-ring (bicyclic) bond motifs is 1. The third-order valence-corrected chi connectivity index (χ3v) is 7.32. The van der Waals surface area contributed by atoms with Gasteiger partial charge in [-0.25, -0.2) is 15.0 Å². The van der Waals surface area contributed by atoms with Crippen molar-refractivity contribution in [1.82, 2.24) is 24.8 Å². The summed E-state index contributed by atoms with van der Waals surface area (Å²) >= 11 is 6.40. The molecule has 0 spiro atoms. The lowest BCUT2D eigenvalue weighted by molar-refractivity contribution is -0.130. The molecule has 4 unspecified atom stereocenters.